The van der Waals surface area contributed by atoms with Crippen molar-refractivity contribution in [2.24, 2.45) is 5.41 Å². The van der Waals surface area contributed by atoms with Crippen LogP contribution in [0.3, 0.4) is 0 Å². The van der Waals surface area contributed by atoms with Crippen LogP contribution >= 0.6 is 0 Å². The summed E-state index contributed by atoms with van der Waals surface area (Å²) >= 11 is 0. The van der Waals surface area contributed by atoms with E-state index in [0.717, 1.165) is 35.7 Å². The first-order valence-corrected chi connectivity index (χ1v) is 9.05. The van der Waals surface area contributed by atoms with Crippen molar-refractivity contribution in [3.63, 3.8) is 0 Å². The van der Waals surface area contributed by atoms with Crippen LogP contribution in [0.2, 0.25) is 0 Å². The van der Waals surface area contributed by atoms with E-state index in [2.05, 4.69) is 49.7 Å². The zero-order valence-electron chi connectivity index (χ0n) is 15.9. The van der Waals surface area contributed by atoms with Crippen LogP contribution in [-0.4, -0.2) is 19.0 Å². The van der Waals surface area contributed by atoms with E-state index in [4.69, 9.17) is 0 Å². The second-order valence-electron chi connectivity index (χ2n) is 7.84. The van der Waals surface area contributed by atoms with Crippen LogP contribution in [0, 0.1) is 5.41 Å². The third-order valence-electron chi connectivity index (χ3n) is 4.29. The van der Waals surface area contributed by atoms with Gasteiger partial charge in [-0.15, -0.1) is 0 Å². The molecule has 136 valence electrons. The van der Waals surface area contributed by atoms with E-state index < -0.39 is 0 Å². The topological polar surface area (TPSA) is 53.2 Å². The molecule has 2 aromatic carbocycles. The number of anilines is 3. The lowest BCUT2D eigenvalue weighted by molar-refractivity contribution is 0.102. The Balaban J connectivity index is 1.71. The van der Waals surface area contributed by atoms with Gasteiger partial charge in [0.2, 0.25) is 0 Å². The number of nitrogens with one attached hydrogen (secondary N) is 3. The summed E-state index contributed by atoms with van der Waals surface area (Å²) in [5.41, 5.74) is 6.03. The standard InChI is InChI=1S/C22H27N3O/c1-15(14-22(2,3)4)16-5-7-17(8-6-16)21(26)25-18-9-10-19-20(13-18)24-12-11-23-19/h5-10,13-14,23-24H,11-12H2,1-4H3,(H,25,26). The summed E-state index contributed by atoms with van der Waals surface area (Å²) in [6.45, 7) is 10.4. The van der Waals surface area contributed by atoms with E-state index in [9.17, 15) is 4.79 Å². The van der Waals surface area contributed by atoms with Crippen molar-refractivity contribution < 1.29 is 4.79 Å². The number of hydrogen-bond donors (Lipinski definition) is 3. The van der Waals surface area contributed by atoms with Gasteiger partial charge in [0.1, 0.15) is 0 Å². The Labute approximate surface area is 155 Å². The molecule has 3 rings (SSSR count). The first-order valence-electron chi connectivity index (χ1n) is 9.05. The maximum Gasteiger partial charge on any atom is 0.255 e. The van der Waals surface area contributed by atoms with Gasteiger partial charge in [-0.2, -0.15) is 0 Å². The van der Waals surface area contributed by atoms with Crippen molar-refractivity contribution in [1.82, 2.24) is 0 Å². The van der Waals surface area contributed by atoms with Crippen LogP contribution in [0.5, 0.6) is 0 Å². The zero-order valence-corrected chi connectivity index (χ0v) is 15.9. The van der Waals surface area contributed by atoms with Crippen LogP contribution in [0.1, 0.15) is 43.6 Å². The average molecular weight is 349 g/mol. The molecule has 0 spiro atoms. The molecule has 0 saturated carbocycles. The van der Waals surface area contributed by atoms with E-state index >= 15 is 0 Å². The summed E-state index contributed by atoms with van der Waals surface area (Å²) in [6, 6.07) is 13.6. The molecule has 2 aromatic rings. The molecule has 0 aliphatic carbocycles. The molecular weight excluding hydrogens is 322 g/mol. The Kier molecular flexibility index (Phi) is 5.03. The molecule has 4 nitrogen and oxygen atoms in total. The SMILES string of the molecule is CC(=CC(C)(C)C)c1ccc(C(=O)Nc2ccc3c(c2)NCCN3)cc1. The number of carbonyl (C=O) groups excluding carboxylic acids is 1. The molecule has 0 saturated heterocycles. The highest BCUT2D eigenvalue weighted by molar-refractivity contribution is 6.04. The van der Waals surface area contributed by atoms with Crippen molar-refractivity contribution in [1.29, 1.82) is 0 Å². The van der Waals surface area contributed by atoms with Gasteiger partial charge in [0.15, 0.2) is 0 Å². The summed E-state index contributed by atoms with van der Waals surface area (Å²) in [4.78, 5) is 12.5. The average Bonchev–Trinajstić information content (AvgIpc) is 2.60. The monoisotopic (exact) mass is 349 g/mol. The first kappa shape index (κ1) is 18.1. The number of carbonyl (C=O) groups is 1. The smallest absolute Gasteiger partial charge is 0.255 e. The molecular formula is C22H27N3O. The molecule has 0 atom stereocenters. The predicted octanol–water partition coefficient (Wildman–Crippen LogP) is 5.23. The minimum Gasteiger partial charge on any atom is -0.382 e. The fraction of sp³-hybridized carbons (Fsp3) is 0.318. The summed E-state index contributed by atoms with van der Waals surface area (Å²) in [5.74, 6) is -0.0993. The summed E-state index contributed by atoms with van der Waals surface area (Å²) in [6.07, 6.45) is 2.25. The summed E-state index contributed by atoms with van der Waals surface area (Å²) in [7, 11) is 0. The molecule has 1 aliphatic heterocycles. The highest BCUT2D eigenvalue weighted by atomic mass is 16.1. The number of amides is 1. The molecule has 26 heavy (non-hydrogen) atoms. The third kappa shape index (κ3) is 4.45. The van der Waals surface area contributed by atoms with Gasteiger partial charge in [0.25, 0.3) is 5.91 Å². The molecule has 3 N–H and O–H groups in total. The van der Waals surface area contributed by atoms with Gasteiger partial charge >= 0.3 is 0 Å². The normalized spacial score (nSPS) is 14.1. The van der Waals surface area contributed by atoms with Gasteiger partial charge in [-0.1, -0.05) is 39.0 Å². The minimum atomic E-state index is -0.0993. The zero-order chi connectivity index (χ0) is 18.7. The second-order valence-corrected chi connectivity index (χ2v) is 7.84. The maximum absolute atomic E-state index is 12.5. The van der Waals surface area contributed by atoms with E-state index in [1.54, 1.807) is 0 Å². The fourth-order valence-corrected chi connectivity index (χ4v) is 3.14. The molecule has 1 aliphatic rings. The van der Waals surface area contributed by atoms with Crippen molar-refractivity contribution in [2.75, 3.05) is 29.0 Å². The Morgan fingerprint density at radius 2 is 1.58 bits per heavy atom. The van der Waals surface area contributed by atoms with Crippen LogP contribution in [0.25, 0.3) is 5.57 Å². The van der Waals surface area contributed by atoms with E-state index in [0.29, 0.717) is 5.56 Å². The number of allylic oxidation sites excluding steroid dienone is 2. The molecule has 0 unspecified atom stereocenters. The summed E-state index contributed by atoms with van der Waals surface area (Å²) < 4.78 is 0. The quantitative estimate of drug-likeness (QED) is 0.711. The first-order chi connectivity index (χ1) is 12.3. The fourth-order valence-electron chi connectivity index (χ4n) is 3.14. The van der Waals surface area contributed by atoms with E-state index in [1.807, 2.05) is 42.5 Å². The van der Waals surface area contributed by atoms with Gasteiger partial charge in [-0.05, 0) is 53.8 Å². The summed E-state index contributed by atoms with van der Waals surface area (Å²) in [5, 5.41) is 9.64. The number of benzene rings is 2. The molecule has 0 fully saturated rings. The van der Waals surface area contributed by atoms with Gasteiger partial charge in [-0.25, -0.2) is 0 Å². The highest BCUT2D eigenvalue weighted by Gasteiger charge is 2.12. The van der Waals surface area contributed by atoms with Crippen LogP contribution in [-0.2, 0) is 0 Å². The molecule has 0 radical (unpaired) electrons. The van der Waals surface area contributed by atoms with Crippen molar-refractivity contribution in [3.05, 3.63) is 59.7 Å². The largest absolute Gasteiger partial charge is 0.382 e. The molecule has 4 heteroatoms. The van der Waals surface area contributed by atoms with Gasteiger partial charge in [-0.3, -0.25) is 4.79 Å². The molecule has 0 bridgehead atoms. The minimum absolute atomic E-state index is 0.0993. The Hall–Kier alpha value is -2.75. The number of rotatable bonds is 3. The molecule has 1 amide bonds. The Morgan fingerprint density at radius 1 is 0.962 bits per heavy atom. The number of fused-ring (bicyclic) bond motifs is 1. The van der Waals surface area contributed by atoms with Crippen molar-refractivity contribution in [2.45, 2.75) is 27.7 Å². The van der Waals surface area contributed by atoms with Crippen molar-refractivity contribution >= 4 is 28.5 Å². The molecule has 0 aromatic heterocycles. The van der Waals surface area contributed by atoms with Crippen LogP contribution in [0.15, 0.2) is 48.5 Å². The van der Waals surface area contributed by atoms with Crippen LogP contribution < -0.4 is 16.0 Å². The Morgan fingerprint density at radius 3 is 2.23 bits per heavy atom. The van der Waals surface area contributed by atoms with Crippen LogP contribution in [0.4, 0.5) is 17.1 Å². The maximum atomic E-state index is 12.5. The second kappa shape index (κ2) is 7.24. The van der Waals surface area contributed by atoms with E-state index in [-0.39, 0.29) is 11.3 Å². The molecule has 1 heterocycles. The van der Waals surface area contributed by atoms with Gasteiger partial charge < -0.3 is 16.0 Å². The lowest BCUT2D eigenvalue weighted by Gasteiger charge is -2.20. The van der Waals surface area contributed by atoms with Crippen molar-refractivity contribution in [3.8, 4) is 0 Å². The lowest BCUT2D eigenvalue weighted by atomic mass is 9.91. The third-order valence-corrected chi connectivity index (χ3v) is 4.29. The predicted molar refractivity (Wildman–Crippen MR) is 111 cm³/mol. The number of hydrogen-bond acceptors (Lipinski definition) is 3. The lowest BCUT2D eigenvalue weighted by Crippen LogP contribution is -2.20. The van der Waals surface area contributed by atoms with Gasteiger partial charge in [0, 0.05) is 24.3 Å². The van der Waals surface area contributed by atoms with Gasteiger partial charge in [0.05, 0.1) is 11.4 Å². The van der Waals surface area contributed by atoms with E-state index in [1.165, 1.54) is 5.57 Å². The Bertz CT molecular complexity index is 829. The highest BCUT2D eigenvalue weighted by Crippen LogP contribution is 2.28.